The molecular weight excluding hydrogens is 514 g/mol. The Balaban J connectivity index is 1.46. The van der Waals surface area contributed by atoms with Crippen LogP contribution in [-0.4, -0.2) is 38.0 Å². The van der Waals surface area contributed by atoms with E-state index in [9.17, 15) is 13.2 Å². The van der Waals surface area contributed by atoms with Gasteiger partial charge in [-0.15, -0.1) is 11.3 Å². The Morgan fingerprint density at radius 2 is 2.00 bits per heavy atom. The van der Waals surface area contributed by atoms with Crippen molar-refractivity contribution >= 4 is 39.0 Å². The Bertz CT molecular complexity index is 1490. The summed E-state index contributed by atoms with van der Waals surface area (Å²) in [5.41, 5.74) is 2.39. The first-order chi connectivity index (χ1) is 17.3. The number of aromatic amines is 1. The Hall–Kier alpha value is -2.83. The lowest BCUT2D eigenvalue weighted by Crippen LogP contribution is -2.12. The maximum atomic E-state index is 15.0. The quantitative estimate of drug-likeness (QED) is 0.225. The lowest BCUT2D eigenvalue weighted by Gasteiger charge is -2.22. The highest BCUT2D eigenvalue weighted by Crippen LogP contribution is 2.44. The van der Waals surface area contributed by atoms with E-state index in [1.54, 1.807) is 6.20 Å². The molecule has 186 valence electrons. The summed E-state index contributed by atoms with van der Waals surface area (Å²) in [6.07, 6.45) is 3.36. The van der Waals surface area contributed by atoms with Gasteiger partial charge in [-0.1, -0.05) is 11.8 Å². The maximum Gasteiger partial charge on any atom is 0.416 e. The third-order valence-corrected chi connectivity index (χ3v) is 8.30. The van der Waals surface area contributed by atoms with Gasteiger partial charge in [-0.25, -0.2) is 19.3 Å². The van der Waals surface area contributed by atoms with Crippen molar-refractivity contribution < 1.29 is 22.3 Å². The highest BCUT2D eigenvalue weighted by Gasteiger charge is 2.33. The molecule has 4 aromatic rings. The lowest BCUT2D eigenvalue weighted by molar-refractivity contribution is -0.137. The van der Waals surface area contributed by atoms with Gasteiger partial charge in [0.15, 0.2) is 15.8 Å². The van der Waals surface area contributed by atoms with Crippen molar-refractivity contribution in [1.29, 1.82) is 0 Å². The number of hydrogen-bond donors (Lipinski definition) is 1. The summed E-state index contributed by atoms with van der Waals surface area (Å²) < 4.78 is 61.6. The van der Waals surface area contributed by atoms with Crippen molar-refractivity contribution in [1.82, 2.24) is 25.1 Å². The molecule has 1 aliphatic carbocycles. The molecule has 36 heavy (non-hydrogen) atoms. The number of thioether (sulfide) groups is 1. The van der Waals surface area contributed by atoms with Crippen LogP contribution >= 0.6 is 23.1 Å². The van der Waals surface area contributed by atoms with Gasteiger partial charge in [0.2, 0.25) is 0 Å². The number of hydrogen-bond acceptors (Lipinski definition) is 7. The first-order valence-electron chi connectivity index (χ1n) is 11.3. The van der Waals surface area contributed by atoms with E-state index in [2.05, 4.69) is 25.1 Å². The molecule has 0 amide bonds. The molecule has 4 heterocycles. The van der Waals surface area contributed by atoms with E-state index < -0.39 is 17.6 Å². The zero-order valence-corrected chi connectivity index (χ0v) is 20.5. The summed E-state index contributed by atoms with van der Waals surface area (Å²) in [5, 5.41) is 7.28. The predicted molar refractivity (Wildman–Crippen MR) is 129 cm³/mol. The van der Waals surface area contributed by atoms with Gasteiger partial charge in [0.1, 0.15) is 16.6 Å². The lowest BCUT2D eigenvalue weighted by atomic mass is 10.0. The van der Waals surface area contributed by atoms with Crippen LogP contribution in [0.3, 0.4) is 0 Å². The van der Waals surface area contributed by atoms with E-state index >= 15 is 4.39 Å². The van der Waals surface area contributed by atoms with Gasteiger partial charge in [0.25, 0.3) is 0 Å². The molecule has 2 aliphatic rings. The highest BCUT2D eigenvalue weighted by atomic mass is 32.2. The second-order valence-corrected chi connectivity index (χ2v) is 10.7. The number of aromatic nitrogens is 5. The van der Waals surface area contributed by atoms with Crippen LogP contribution in [0.25, 0.3) is 27.2 Å². The number of ether oxygens (including phenoxy) is 1. The normalized spacial score (nSPS) is 18.6. The Labute approximate surface area is 211 Å². The van der Waals surface area contributed by atoms with Crippen molar-refractivity contribution in [3.8, 4) is 11.3 Å². The summed E-state index contributed by atoms with van der Waals surface area (Å²) in [6, 6.07) is 2.49. The van der Waals surface area contributed by atoms with Crippen LogP contribution in [0.15, 0.2) is 34.8 Å². The molecule has 0 radical (unpaired) electrons. The zero-order chi connectivity index (χ0) is 25.0. The zero-order valence-electron chi connectivity index (χ0n) is 18.9. The number of alkyl halides is 3. The number of benzene rings is 1. The number of halogens is 4. The molecule has 1 fully saturated rings. The van der Waals surface area contributed by atoms with Crippen molar-refractivity contribution in [3.05, 3.63) is 58.9 Å². The van der Waals surface area contributed by atoms with Crippen LogP contribution in [0, 0.1) is 5.82 Å². The highest BCUT2D eigenvalue weighted by molar-refractivity contribution is 8.00. The summed E-state index contributed by atoms with van der Waals surface area (Å²) in [4.78, 5) is 13.8. The van der Waals surface area contributed by atoms with E-state index in [4.69, 9.17) is 4.74 Å². The van der Waals surface area contributed by atoms with Crippen LogP contribution in [0.5, 0.6) is 0 Å². The first-order valence-corrected chi connectivity index (χ1v) is 13.3. The molecule has 1 N–H and O–H groups in total. The molecule has 6 rings (SSSR count). The first kappa shape index (κ1) is 23.6. The number of nitrogens with one attached hydrogen (secondary N) is 1. The molecule has 1 atom stereocenters. The van der Waals surface area contributed by atoms with Crippen molar-refractivity contribution in [2.75, 3.05) is 12.9 Å². The van der Waals surface area contributed by atoms with Gasteiger partial charge in [-0.3, -0.25) is 5.10 Å². The summed E-state index contributed by atoms with van der Waals surface area (Å²) >= 11 is 2.70. The van der Waals surface area contributed by atoms with Crippen molar-refractivity contribution in [3.63, 3.8) is 0 Å². The van der Waals surface area contributed by atoms with Gasteiger partial charge in [0.05, 0.1) is 24.1 Å². The van der Waals surface area contributed by atoms with E-state index in [0.717, 1.165) is 41.8 Å². The molecule has 12 heteroatoms. The monoisotopic (exact) mass is 533 g/mol. The fourth-order valence-corrected chi connectivity index (χ4v) is 5.81. The molecule has 1 saturated carbocycles. The van der Waals surface area contributed by atoms with E-state index in [0.29, 0.717) is 45.5 Å². The number of rotatable bonds is 5. The molecule has 0 saturated heterocycles. The van der Waals surface area contributed by atoms with E-state index in [1.165, 1.54) is 23.1 Å². The van der Waals surface area contributed by atoms with Crippen LogP contribution < -0.4 is 0 Å². The molecule has 1 aliphatic heterocycles. The topological polar surface area (TPSA) is 76.6 Å². The second-order valence-electron chi connectivity index (χ2n) is 8.67. The van der Waals surface area contributed by atoms with Crippen LogP contribution in [-0.2, 0) is 10.9 Å². The third-order valence-electron chi connectivity index (χ3n) is 6.26. The molecule has 6 nitrogen and oxygen atoms in total. The molecule has 0 unspecified atom stereocenters. The van der Waals surface area contributed by atoms with Gasteiger partial charge in [-0.2, -0.15) is 18.3 Å². The molecule has 1 aromatic carbocycles. The fourth-order valence-electron chi connectivity index (χ4n) is 4.31. The largest absolute Gasteiger partial charge is 0.416 e. The van der Waals surface area contributed by atoms with E-state index in [1.807, 2.05) is 12.3 Å². The smallest absolute Gasteiger partial charge is 0.369 e. The summed E-state index contributed by atoms with van der Waals surface area (Å²) in [5.74, 6) is -0.174. The van der Waals surface area contributed by atoms with Crippen LogP contribution in [0.4, 0.5) is 17.6 Å². The Kier molecular flexibility index (Phi) is 5.84. The van der Waals surface area contributed by atoms with Crippen LogP contribution in [0.2, 0.25) is 0 Å². The summed E-state index contributed by atoms with van der Waals surface area (Å²) in [7, 11) is 0. The van der Waals surface area contributed by atoms with Gasteiger partial charge in [-0.05, 0) is 55.4 Å². The van der Waals surface area contributed by atoms with Gasteiger partial charge in [0, 0.05) is 22.7 Å². The minimum absolute atomic E-state index is 0.0250. The average molecular weight is 534 g/mol. The van der Waals surface area contributed by atoms with Crippen molar-refractivity contribution in [2.24, 2.45) is 0 Å². The number of fused-ring (bicyclic) bond motifs is 1. The SMILES string of the molecule is CSc1nc2nc(C3=C[C@H](c4cn[nH]c4C4CC4)OCC3)nc(-c3ccc(C(F)(F)F)cc3F)c2s1. The minimum Gasteiger partial charge on any atom is -0.369 e. The predicted octanol–water partition coefficient (Wildman–Crippen LogP) is 6.78. The fraction of sp³-hybridized carbons (Fsp3) is 0.333. The standard InChI is InChI=1S/C24H19F4N5OS2/c1-35-23-32-22-20(36-23)19(14-5-4-13(9-16(14)25)24(26,27)28)30-21(31-22)12-6-7-34-17(8-12)15-10-29-33-18(15)11-2-3-11/h4-5,8-11,17H,2-3,6-7H2,1H3,(H,29,33)/t17-/m1/s1. The molecular formula is C24H19F4N5OS2. The average Bonchev–Trinajstić information content (AvgIpc) is 3.43. The molecule has 0 spiro atoms. The van der Waals surface area contributed by atoms with E-state index in [-0.39, 0.29) is 17.4 Å². The third kappa shape index (κ3) is 4.31. The summed E-state index contributed by atoms with van der Waals surface area (Å²) in [6.45, 7) is 0.435. The maximum absolute atomic E-state index is 15.0. The number of thiazole rings is 1. The number of H-pyrrole nitrogens is 1. The van der Waals surface area contributed by atoms with Crippen LogP contribution in [0.1, 0.15) is 53.9 Å². The van der Waals surface area contributed by atoms with Gasteiger partial charge < -0.3 is 4.74 Å². The Morgan fingerprint density at radius 1 is 1.17 bits per heavy atom. The number of nitrogens with zero attached hydrogens (tertiary/aromatic N) is 4. The van der Waals surface area contributed by atoms with Gasteiger partial charge >= 0.3 is 6.18 Å². The Morgan fingerprint density at radius 3 is 2.72 bits per heavy atom. The second kappa shape index (κ2) is 8.93. The molecule has 0 bridgehead atoms. The van der Waals surface area contributed by atoms with Crippen molar-refractivity contribution in [2.45, 2.75) is 41.8 Å². The molecule has 3 aromatic heterocycles. The minimum atomic E-state index is -4.64.